The van der Waals surface area contributed by atoms with Crippen molar-refractivity contribution in [3.63, 3.8) is 0 Å². The van der Waals surface area contributed by atoms with Gasteiger partial charge in [0.25, 0.3) is 5.91 Å². The van der Waals surface area contributed by atoms with Crippen LogP contribution < -0.4 is 5.32 Å². The van der Waals surface area contributed by atoms with Crippen LogP contribution in [0.4, 0.5) is 0 Å². The normalized spacial score (nSPS) is 10.4. The van der Waals surface area contributed by atoms with Gasteiger partial charge >= 0.3 is 5.97 Å². The van der Waals surface area contributed by atoms with Crippen LogP contribution >= 0.6 is 0 Å². The minimum Gasteiger partial charge on any atom is -0.455 e. The van der Waals surface area contributed by atoms with Crippen LogP contribution in [0.2, 0.25) is 0 Å². The maximum atomic E-state index is 11.9. The summed E-state index contributed by atoms with van der Waals surface area (Å²) in [6.45, 7) is 6.37. The van der Waals surface area contributed by atoms with Crippen molar-refractivity contribution in [1.82, 2.24) is 5.32 Å². The Bertz CT molecular complexity index is 753. The summed E-state index contributed by atoms with van der Waals surface area (Å²) in [5.41, 5.74) is 5.63. The smallest absolute Gasteiger partial charge is 0.310 e. The van der Waals surface area contributed by atoms with E-state index >= 15 is 0 Å². The highest BCUT2D eigenvalue weighted by atomic mass is 16.5. The number of benzene rings is 2. The third-order valence-electron chi connectivity index (χ3n) is 4.26. The van der Waals surface area contributed by atoms with Gasteiger partial charge in [-0.2, -0.15) is 0 Å². The molecule has 0 fully saturated rings. The second-order valence-electron chi connectivity index (χ2n) is 6.28. The molecule has 132 valence electrons. The van der Waals surface area contributed by atoms with Crippen LogP contribution in [0.3, 0.4) is 0 Å². The first-order valence-corrected chi connectivity index (χ1v) is 8.48. The molecule has 2 aromatic carbocycles. The highest BCUT2D eigenvalue weighted by molar-refractivity contribution is 5.81. The zero-order chi connectivity index (χ0) is 18.2. The molecule has 0 saturated carbocycles. The maximum absolute atomic E-state index is 11.9. The lowest BCUT2D eigenvalue weighted by molar-refractivity contribution is -0.147. The number of amides is 1. The zero-order valence-electron chi connectivity index (χ0n) is 15.1. The predicted molar refractivity (Wildman–Crippen MR) is 98.5 cm³/mol. The summed E-state index contributed by atoms with van der Waals surface area (Å²) in [6.07, 6.45) is 0.937. The second-order valence-corrected chi connectivity index (χ2v) is 6.28. The molecule has 0 spiro atoms. The quantitative estimate of drug-likeness (QED) is 0.789. The van der Waals surface area contributed by atoms with E-state index in [1.54, 1.807) is 0 Å². The predicted octanol–water partition coefficient (Wildman–Crippen LogP) is 3.06. The van der Waals surface area contributed by atoms with Gasteiger partial charge in [-0.1, -0.05) is 42.5 Å². The van der Waals surface area contributed by atoms with E-state index in [4.69, 9.17) is 4.74 Å². The number of hydrogen-bond acceptors (Lipinski definition) is 3. The Morgan fingerprint density at radius 3 is 2.44 bits per heavy atom. The Hall–Kier alpha value is -2.62. The Morgan fingerprint density at radius 1 is 0.960 bits per heavy atom. The third-order valence-corrected chi connectivity index (χ3v) is 4.26. The first-order chi connectivity index (χ1) is 12.0. The van der Waals surface area contributed by atoms with Crippen molar-refractivity contribution in [3.8, 4) is 0 Å². The molecule has 0 unspecified atom stereocenters. The molecular weight excluding hydrogens is 314 g/mol. The minimum atomic E-state index is -0.391. The fourth-order valence-electron chi connectivity index (χ4n) is 2.56. The number of esters is 1. The average molecular weight is 339 g/mol. The van der Waals surface area contributed by atoms with Gasteiger partial charge in [0.2, 0.25) is 0 Å². The molecule has 2 aromatic rings. The first-order valence-electron chi connectivity index (χ1n) is 8.48. The molecule has 2 rings (SSSR count). The first kappa shape index (κ1) is 18.7. The number of carbonyl (C=O) groups is 2. The molecule has 0 saturated heterocycles. The summed E-state index contributed by atoms with van der Waals surface area (Å²) in [7, 11) is 0. The molecule has 25 heavy (non-hydrogen) atoms. The van der Waals surface area contributed by atoms with Crippen LogP contribution in [-0.4, -0.2) is 25.0 Å². The number of carbonyl (C=O) groups excluding carboxylic acids is 2. The van der Waals surface area contributed by atoms with E-state index in [-0.39, 0.29) is 18.9 Å². The van der Waals surface area contributed by atoms with E-state index < -0.39 is 5.97 Å². The summed E-state index contributed by atoms with van der Waals surface area (Å²) in [4.78, 5) is 23.6. The van der Waals surface area contributed by atoms with Crippen LogP contribution in [0.25, 0.3) is 0 Å². The summed E-state index contributed by atoms with van der Waals surface area (Å²) in [5.74, 6) is -0.667. The van der Waals surface area contributed by atoms with Crippen molar-refractivity contribution >= 4 is 11.9 Å². The highest BCUT2D eigenvalue weighted by Gasteiger charge is 2.09. The molecule has 0 aliphatic heterocycles. The van der Waals surface area contributed by atoms with E-state index in [2.05, 4.69) is 5.32 Å². The molecule has 0 aromatic heterocycles. The van der Waals surface area contributed by atoms with Crippen molar-refractivity contribution in [3.05, 3.63) is 70.3 Å². The fraction of sp³-hybridized carbons (Fsp3) is 0.333. The standard InChI is InChI=1S/C21H25NO3/c1-15-8-9-18(12-17(15)3)13-21(24)25-14-20(23)22-11-10-19-7-5-4-6-16(19)2/h4-9,12H,10-11,13-14H2,1-3H3,(H,22,23). The summed E-state index contributed by atoms with van der Waals surface area (Å²) in [5, 5.41) is 2.78. The highest BCUT2D eigenvalue weighted by Crippen LogP contribution is 2.11. The Balaban J connectivity index is 1.69. The monoisotopic (exact) mass is 339 g/mol. The maximum Gasteiger partial charge on any atom is 0.310 e. The van der Waals surface area contributed by atoms with Gasteiger partial charge < -0.3 is 10.1 Å². The van der Waals surface area contributed by atoms with Crippen LogP contribution in [0.5, 0.6) is 0 Å². The number of rotatable bonds is 7. The van der Waals surface area contributed by atoms with Gasteiger partial charge in [0.1, 0.15) is 0 Å². The lowest BCUT2D eigenvalue weighted by Crippen LogP contribution is -2.30. The molecule has 0 radical (unpaired) electrons. The number of nitrogens with one attached hydrogen (secondary N) is 1. The van der Waals surface area contributed by atoms with Crippen LogP contribution in [0, 0.1) is 20.8 Å². The summed E-state index contributed by atoms with van der Waals surface area (Å²) >= 11 is 0. The lowest BCUT2D eigenvalue weighted by Gasteiger charge is -2.09. The zero-order valence-corrected chi connectivity index (χ0v) is 15.1. The Kier molecular flexibility index (Phi) is 6.75. The second kappa shape index (κ2) is 9.02. The van der Waals surface area contributed by atoms with E-state index in [1.807, 2.05) is 63.2 Å². The number of hydrogen-bond donors (Lipinski definition) is 1. The Labute approximate surface area is 149 Å². The van der Waals surface area contributed by atoms with Gasteiger partial charge in [-0.05, 0) is 55.0 Å². The van der Waals surface area contributed by atoms with Crippen LogP contribution in [0.15, 0.2) is 42.5 Å². The third kappa shape index (κ3) is 6.07. The van der Waals surface area contributed by atoms with E-state index in [0.717, 1.165) is 17.5 Å². The van der Waals surface area contributed by atoms with Crippen molar-refractivity contribution in [2.24, 2.45) is 0 Å². The Morgan fingerprint density at radius 2 is 1.72 bits per heavy atom. The fourth-order valence-corrected chi connectivity index (χ4v) is 2.56. The molecular formula is C21H25NO3. The molecule has 0 atom stereocenters. The number of ether oxygens (including phenoxy) is 1. The molecule has 0 heterocycles. The summed E-state index contributed by atoms with van der Waals surface area (Å²) < 4.78 is 5.05. The van der Waals surface area contributed by atoms with Gasteiger partial charge in [0, 0.05) is 6.54 Å². The molecule has 1 amide bonds. The van der Waals surface area contributed by atoms with Crippen molar-refractivity contribution in [2.45, 2.75) is 33.6 Å². The van der Waals surface area contributed by atoms with Gasteiger partial charge in [-0.15, -0.1) is 0 Å². The van der Waals surface area contributed by atoms with Gasteiger partial charge in [0.05, 0.1) is 6.42 Å². The van der Waals surface area contributed by atoms with E-state index in [1.165, 1.54) is 16.7 Å². The largest absolute Gasteiger partial charge is 0.455 e. The van der Waals surface area contributed by atoms with Crippen LogP contribution in [-0.2, 0) is 27.2 Å². The molecule has 1 N–H and O–H groups in total. The molecule has 4 heteroatoms. The van der Waals surface area contributed by atoms with Gasteiger partial charge in [-0.25, -0.2) is 0 Å². The summed E-state index contributed by atoms with van der Waals surface area (Å²) in [6, 6.07) is 13.9. The van der Waals surface area contributed by atoms with Crippen molar-refractivity contribution in [1.29, 1.82) is 0 Å². The van der Waals surface area contributed by atoms with Crippen molar-refractivity contribution in [2.75, 3.05) is 13.2 Å². The van der Waals surface area contributed by atoms with E-state index in [9.17, 15) is 9.59 Å². The van der Waals surface area contributed by atoms with Gasteiger partial charge in [-0.3, -0.25) is 9.59 Å². The minimum absolute atomic E-state index is 0.178. The molecule has 4 nitrogen and oxygen atoms in total. The lowest BCUT2D eigenvalue weighted by atomic mass is 10.0. The molecule has 0 aliphatic carbocycles. The van der Waals surface area contributed by atoms with Gasteiger partial charge in [0.15, 0.2) is 6.61 Å². The van der Waals surface area contributed by atoms with Crippen LogP contribution in [0.1, 0.15) is 27.8 Å². The average Bonchev–Trinajstić information content (AvgIpc) is 2.58. The number of aryl methyl sites for hydroxylation is 3. The molecule has 0 bridgehead atoms. The topological polar surface area (TPSA) is 55.4 Å². The SMILES string of the molecule is Cc1ccc(CC(=O)OCC(=O)NCCc2ccccc2C)cc1C. The van der Waals surface area contributed by atoms with Crippen molar-refractivity contribution < 1.29 is 14.3 Å². The molecule has 0 aliphatic rings. The van der Waals surface area contributed by atoms with E-state index in [0.29, 0.717) is 6.54 Å².